The van der Waals surface area contributed by atoms with E-state index in [2.05, 4.69) is 0 Å². The summed E-state index contributed by atoms with van der Waals surface area (Å²) < 4.78 is 6.73. The molecule has 2 N–H and O–H groups in total. The van der Waals surface area contributed by atoms with Crippen LogP contribution in [0.4, 0.5) is 0 Å². The third-order valence-electron chi connectivity index (χ3n) is 2.02. The normalized spacial score (nSPS) is 22.2. The molecule has 0 spiro atoms. The Hall–Kier alpha value is -1.03. The van der Waals surface area contributed by atoms with E-state index < -0.39 is 0 Å². The molecule has 4 nitrogen and oxygen atoms in total. The Balaban J connectivity index is 2.51. The molecule has 1 aromatic rings. The minimum atomic E-state index is -0.369. The summed E-state index contributed by atoms with van der Waals surface area (Å²) in [5.74, 6) is 0.591. The molecule has 0 aliphatic carbocycles. The lowest BCUT2D eigenvalue weighted by Crippen LogP contribution is -2.35. The zero-order chi connectivity index (χ0) is 8.01. The van der Waals surface area contributed by atoms with Crippen molar-refractivity contribution < 1.29 is 19.2 Å². The minimum Gasteiger partial charge on any atom is -0.476 e. The smallest absolute Gasteiger partial charge is 0.357 e. The Bertz CT molecular complexity index is 266. The molecule has 0 saturated heterocycles. The van der Waals surface area contributed by atoms with Crippen molar-refractivity contribution in [1.29, 1.82) is 0 Å². The molecule has 11 heavy (non-hydrogen) atoms. The number of aromatic hydroxyl groups is 1. The van der Waals surface area contributed by atoms with Gasteiger partial charge in [-0.25, -0.2) is 0 Å². The summed E-state index contributed by atoms with van der Waals surface area (Å²) in [5.41, 5.74) is 0.704. The molecule has 0 fully saturated rings. The number of hydrogen-bond acceptors (Lipinski definition) is 3. The van der Waals surface area contributed by atoms with Crippen molar-refractivity contribution in [2.45, 2.75) is 26.0 Å². The first-order valence-electron chi connectivity index (χ1n) is 3.57. The molecule has 60 valence electrons. The predicted octanol–water partition coefficient (Wildman–Crippen LogP) is -0.502. The monoisotopic (exact) mass is 156 g/mol. The van der Waals surface area contributed by atoms with Gasteiger partial charge in [0.2, 0.25) is 0 Å². The molecule has 1 atom stereocenters. The van der Waals surface area contributed by atoms with E-state index in [1.807, 2.05) is 0 Å². The van der Waals surface area contributed by atoms with E-state index in [0.717, 1.165) is 0 Å². The quantitative estimate of drug-likeness (QED) is 0.498. The average Bonchev–Trinajstić information content (AvgIpc) is 2.38. The lowest BCUT2D eigenvalue weighted by atomic mass is 10.3. The summed E-state index contributed by atoms with van der Waals surface area (Å²) >= 11 is 0. The summed E-state index contributed by atoms with van der Waals surface area (Å²) in [7, 11) is 0. The van der Waals surface area contributed by atoms with Crippen LogP contribution in [0.2, 0.25) is 0 Å². The Labute approximate surface area is 63.7 Å². The van der Waals surface area contributed by atoms with Crippen molar-refractivity contribution in [3.8, 4) is 5.95 Å². The van der Waals surface area contributed by atoms with E-state index in [4.69, 9.17) is 4.42 Å². The van der Waals surface area contributed by atoms with E-state index in [-0.39, 0.29) is 12.1 Å². The highest BCUT2D eigenvalue weighted by atomic mass is 16.5. The van der Waals surface area contributed by atoms with Crippen LogP contribution in [0.3, 0.4) is 0 Å². The van der Waals surface area contributed by atoms with Crippen molar-refractivity contribution in [2.75, 3.05) is 0 Å². The molecule has 0 bridgehead atoms. The van der Waals surface area contributed by atoms with Gasteiger partial charge < -0.3 is 14.6 Å². The second-order valence-corrected chi connectivity index (χ2v) is 2.84. The van der Waals surface area contributed by atoms with Gasteiger partial charge >= 0.3 is 11.8 Å². The van der Waals surface area contributed by atoms with Gasteiger partial charge in [-0.15, -0.1) is 0 Å². The third kappa shape index (κ3) is 0.826. The lowest BCUT2D eigenvalue weighted by molar-refractivity contribution is -0.703. The first kappa shape index (κ1) is 6.67. The number of aliphatic hydroxyl groups is 1. The molecule has 1 aromatic heterocycles. The SMILES string of the molecule is Cc1oc(O)c2[n+]1C[C@H](O)C2. The molecule has 0 unspecified atom stereocenters. The van der Waals surface area contributed by atoms with Crippen LogP contribution in [0.1, 0.15) is 11.6 Å². The number of rotatable bonds is 0. The summed E-state index contributed by atoms with van der Waals surface area (Å²) in [5, 5.41) is 18.4. The van der Waals surface area contributed by atoms with Crippen molar-refractivity contribution >= 4 is 0 Å². The fourth-order valence-corrected chi connectivity index (χ4v) is 1.49. The molecule has 0 aromatic carbocycles. The number of aromatic nitrogens is 1. The largest absolute Gasteiger partial charge is 0.476 e. The topological polar surface area (TPSA) is 57.5 Å². The van der Waals surface area contributed by atoms with Crippen LogP contribution in [-0.2, 0) is 13.0 Å². The molecule has 0 radical (unpaired) electrons. The standard InChI is InChI=1S/C7H9NO3/c1-4-8-3-5(9)2-6(8)7(10)11-4/h5,9H,2-3H2,1H3/p+1/t5-/m1/s1. The zero-order valence-electron chi connectivity index (χ0n) is 6.24. The predicted molar refractivity (Wildman–Crippen MR) is 35.0 cm³/mol. The molecular formula is C7H10NO3+. The van der Waals surface area contributed by atoms with Crippen LogP contribution in [0.15, 0.2) is 4.42 Å². The van der Waals surface area contributed by atoms with Gasteiger partial charge in [-0.1, -0.05) is 0 Å². The van der Waals surface area contributed by atoms with Gasteiger partial charge in [-0.3, -0.25) is 0 Å². The Morgan fingerprint density at radius 1 is 1.64 bits per heavy atom. The number of fused-ring (bicyclic) bond motifs is 1. The van der Waals surface area contributed by atoms with E-state index >= 15 is 0 Å². The molecule has 1 aliphatic heterocycles. The van der Waals surface area contributed by atoms with Gasteiger partial charge in [0, 0.05) is 0 Å². The van der Waals surface area contributed by atoms with Crippen molar-refractivity contribution in [3.63, 3.8) is 0 Å². The summed E-state index contributed by atoms with van der Waals surface area (Å²) in [6, 6.07) is 0. The van der Waals surface area contributed by atoms with Crippen LogP contribution in [0.25, 0.3) is 0 Å². The van der Waals surface area contributed by atoms with E-state index in [1.54, 1.807) is 11.5 Å². The van der Waals surface area contributed by atoms with Crippen LogP contribution in [-0.4, -0.2) is 16.3 Å². The first-order chi connectivity index (χ1) is 5.18. The van der Waals surface area contributed by atoms with Crippen LogP contribution < -0.4 is 4.57 Å². The molecule has 0 saturated carbocycles. The van der Waals surface area contributed by atoms with Crippen LogP contribution >= 0.6 is 0 Å². The number of aliphatic hydroxyl groups excluding tert-OH is 1. The minimum absolute atomic E-state index is 0.0564. The second kappa shape index (κ2) is 1.98. The molecular weight excluding hydrogens is 146 g/mol. The maximum atomic E-state index is 9.21. The Kier molecular flexibility index (Phi) is 1.20. The first-order valence-corrected chi connectivity index (χ1v) is 3.57. The number of nitrogens with zero attached hydrogens (tertiary/aromatic N) is 1. The maximum Gasteiger partial charge on any atom is 0.357 e. The van der Waals surface area contributed by atoms with Gasteiger partial charge in [0.25, 0.3) is 5.69 Å². The molecule has 4 heteroatoms. The number of aryl methyl sites for hydroxylation is 1. The molecule has 2 heterocycles. The third-order valence-corrected chi connectivity index (χ3v) is 2.02. The van der Waals surface area contributed by atoms with E-state index in [9.17, 15) is 10.2 Å². The highest BCUT2D eigenvalue weighted by Gasteiger charge is 2.36. The van der Waals surface area contributed by atoms with Gasteiger partial charge in [0.15, 0.2) is 6.54 Å². The summed E-state index contributed by atoms with van der Waals surface area (Å²) in [6.07, 6.45) is 0.120. The summed E-state index contributed by atoms with van der Waals surface area (Å²) in [6.45, 7) is 2.30. The van der Waals surface area contributed by atoms with E-state index in [1.165, 1.54) is 0 Å². The van der Waals surface area contributed by atoms with Gasteiger partial charge in [-0.2, -0.15) is 4.57 Å². The molecule has 0 amide bonds. The number of hydrogen-bond donors (Lipinski definition) is 2. The Morgan fingerprint density at radius 2 is 2.36 bits per heavy atom. The van der Waals surface area contributed by atoms with Crippen molar-refractivity contribution in [3.05, 3.63) is 11.6 Å². The average molecular weight is 156 g/mol. The maximum absolute atomic E-state index is 9.21. The van der Waals surface area contributed by atoms with Crippen LogP contribution in [0, 0.1) is 6.92 Å². The number of oxazole rings is 1. The summed E-state index contributed by atoms with van der Waals surface area (Å²) in [4.78, 5) is 0. The molecule has 2 rings (SSSR count). The molecule has 1 aliphatic rings. The second-order valence-electron chi connectivity index (χ2n) is 2.84. The van der Waals surface area contributed by atoms with E-state index in [0.29, 0.717) is 24.6 Å². The highest BCUT2D eigenvalue weighted by molar-refractivity contribution is 5.10. The highest BCUT2D eigenvalue weighted by Crippen LogP contribution is 2.21. The van der Waals surface area contributed by atoms with Crippen molar-refractivity contribution in [2.24, 2.45) is 0 Å². The fourth-order valence-electron chi connectivity index (χ4n) is 1.49. The van der Waals surface area contributed by atoms with Crippen molar-refractivity contribution in [1.82, 2.24) is 0 Å². The fraction of sp³-hybridized carbons (Fsp3) is 0.571. The Morgan fingerprint density at radius 3 is 3.00 bits per heavy atom. The van der Waals surface area contributed by atoms with Gasteiger partial charge in [-0.05, 0) is 0 Å². The lowest BCUT2D eigenvalue weighted by Gasteiger charge is -1.90. The van der Waals surface area contributed by atoms with Gasteiger partial charge in [0.05, 0.1) is 13.3 Å². The van der Waals surface area contributed by atoms with Crippen LogP contribution in [0.5, 0.6) is 5.95 Å². The van der Waals surface area contributed by atoms with Gasteiger partial charge in [0.1, 0.15) is 6.10 Å². The zero-order valence-corrected chi connectivity index (χ0v) is 6.24.